The highest BCUT2D eigenvalue weighted by molar-refractivity contribution is 5.77. The maximum absolute atomic E-state index is 11.7. The summed E-state index contributed by atoms with van der Waals surface area (Å²) in [4.78, 5) is 13.8. The average Bonchev–Trinajstić information content (AvgIpc) is 3.16. The van der Waals surface area contributed by atoms with Gasteiger partial charge in [-0.1, -0.05) is 12.1 Å². The van der Waals surface area contributed by atoms with Gasteiger partial charge in [-0.25, -0.2) is 0 Å². The molecule has 1 aliphatic rings. The molecule has 0 radical (unpaired) electrons. The Morgan fingerprint density at radius 1 is 1.44 bits per heavy atom. The lowest BCUT2D eigenvalue weighted by Gasteiger charge is -2.24. The molecule has 0 spiro atoms. The number of nitrogens with one attached hydrogen (secondary N) is 1. The largest absolute Gasteiger partial charge is 0.397 e. The molecule has 0 unspecified atom stereocenters. The third-order valence-electron chi connectivity index (χ3n) is 3.21. The van der Waals surface area contributed by atoms with E-state index in [2.05, 4.69) is 17.1 Å². The average molecular weight is 247 g/mol. The Bertz CT molecular complexity index is 415. The van der Waals surface area contributed by atoms with E-state index in [1.807, 2.05) is 24.3 Å². The van der Waals surface area contributed by atoms with Gasteiger partial charge >= 0.3 is 0 Å². The lowest BCUT2D eigenvalue weighted by atomic mass is 10.2. The van der Waals surface area contributed by atoms with Gasteiger partial charge in [-0.3, -0.25) is 4.79 Å². The number of carbonyl (C=O) groups excluding carboxylic acids is 1. The molecule has 1 saturated carbocycles. The van der Waals surface area contributed by atoms with Gasteiger partial charge in [-0.2, -0.15) is 0 Å². The highest BCUT2D eigenvalue weighted by atomic mass is 16.1. The van der Waals surface area contributed by atoms with Gasteiger partial charge in [0.05, 0.1) is 11.4 Å². The first-order chi connectivity index (χ1) is 8.70. The smallest absolute Gasteiger partial charge is 0.221 e. The monoisotopic (exact) mass is 247 g/mol. The van der Waals surface area contributed by atoms with E-state index in [-0.39, 0.29) is 5.91 Å². The van der Waals surface area contributed by atoms with E-state index in [9.17, 15) is 4.79 Å². The van der Waals surface area contributed by atoms with Gasteiger partial charge in [0.1, 0.15) is 0 Å². The van der Waals surface area contributed by atoms with Crippen LogP contribution in [0.5, 0.6) is 0 Å². The predicted octanol–water partition coefficient (Wildman–Crippen LogP) is 1.76. The van der Waals surface area contributed by atoms with Gasteiger partial charge in [-0.15, -0.1) is 0 Å². The molecule has 1 aromatic carbocycles. The van der Waals surface area contributed by atoms with E-state index in [0.29, 0.717) is 19.0 Å². The summed E-state index contributed by atoms with van der Waals surface area (Å²) in [5.74, 6) is 0.144. The molecule has 0 heterocycles. The Morgan fingerprint density at radius 3 is 2.78 bits per heavy atom. The molecule has 3 N–H and O–H groups in total. The minimum Gasteiger partial charge on any atom is -0.397 e. The van der Waals surface area contributed by atoms with E-state index in [0.717, 1.165) is 30.8 Å². The number of anilines is 2. The zero-order valence-electron chi connectivity index (χ0n) is 10.9. The molecule has 4 nitrogen and oxygen atoms in total. The summed E-state index contributed by atoms with van der Waals surface area (Å²) < 4.78 is 0. The van der Waals surface area contributed by atoms with Crippen LogP contribution in [-0.4, -0.2) is 25.0 Å². The fraction of sp³-hybridized carbons (Fsp3) is 0.500. The number of rotatable bonds is 6. The minimum atomic E-state index is 0.144. The zero-order chi connectivity index (χ0) is 13.0. The molecule has 1 fully saturated rings. The summed E-state index contributed by atoms with van der Waals surface area (Å²) in [5.41, 5.74) is 7.73. The van der Waals surface area contributed by atoms with Crippen LogP contribution in [0.2, 0.25) is 0 Å². The van der Waals surface area contributed by atoms with Crippen molar-refractivity contribution >= 4 is 17.3 Å². The van der Waals surface area contributed by atoms with E-state index in [1.54, 1.807) is 0 Å². The van der Waals surface area contributed by atoms with Gasteiger partial charge in [0.25, 0.3) is 0 Å². The fourth-order valence-electron chi connectivity index (χ4n) is 1.99. The maximum Gasteiger partial charge on any atom is 0.221 e. The first-order valence-electron chi connectivity index (χ1n) is 6.59. The van der Waals surface area contributed by atoms with Crippen LogP contribution < -0.4 is 16.0 Å². The number of amides is 1. The predicted molar refractivity (Wildman–Crippen MR) is 74.5 cm³/mol. The quantitative estimate of drug-likeness (QED) is 0.753. The summed E-state index contributed by atoms with van der Waals surface area (Å²) in [5, 5.41) is 3.00. The maximum atomic E-state index is 11.7. The molecule has 0 aliphatic heterocycles. The van der Waals surface area contributed by atoms with Crippen LogP contribution in [-0.2, 0) is 4.79 Å². The van der Waals surface area contributed by atoms with Crippen molar-refractivity contribution in [3.63, 3.8) is 0 Å². The molecule has 1 aromatic rings. The SMILES string of the molecule is CCN(CCC(=O)NC1CC1)c1ccccc1N. The van der Waals surface area contributed by atoms with E-state index >= 15 is 0 Å². The van der Waals surface area contributed by atoms with Crippen molar-refractivity contribution in [3.8, 4) is 0 Å². The summed E-state index contributed by atoms with van der Waals surface area (Å²) in [6.45, 7) is 3.64. The van der Waals surface area contributed by atoms with Crippen LogP contribution in [0.15, 0.2) is 24.3 Å². The Balaban J connectivity index is 1.88. The number of nitrogen functional groups attached to an aromatic ring is 1. The molecule has 0 bridgehead atoms. The van der Waals surface area contributed by atoms with Gasteiger partial charge in [-0.05, 0) is 31.9 Å². The van der Waals surface area contributed by atoms with Crippen LogP contribution in [0.1, 0.15) is 26.2 Å². The molecular formula is C14H21N3O. The van der Waals surface area contributed by atoms with Crippen LogP contribution in [0, 0.1) is 0 Å². The molecule has 0 aromatic heterocycles. The highest BCUT2D eigenvalue weighted by Crippen LogP contribution is 2.22. The van der Waals surface area contributed by atoms with Crippen molar-refractivity contribution in [3.05, 3.63) is 24.3 Å². The first kappa shape index (κ1) is 12.7. The highest BCUT2D eigenvalue weighted by Gasteiger charge is 2.23. The minimum absolute atomic E-state index is 0.144. The van der Waals surface area contributed by atoms with Crippen LogP contribution in [0.4, 0.5) is 11.4 Å². The topological polar surface area (TPSA) is 58.4 Å². The number of nitrogens with zero attached hydrogens (tertiary/aromatic N) is 1. The Hall–Kier alpha value is -1.71. The normalized spacial score (nSPS) is 14.3. The van der Waals surface area contributed by atoms with E-state index in [1.165, 1.54) is 0 Å². The van der Waals surface area contributed by atoms with E-state index < -0.39 is 0 Å². The molecule has 0 atom stereocenters. The van der Waals surface area contributed by atoms with Crippen molar-refractivity contribution < 1.29 is 4.79 Å². The Morgan fingerprint density at radius 2 is 2.17 bits per heavy atom. The number of para-hydroxylation sites is 2. The van der Waals surface area contributed by atoms with Gasteiger partial charge in [0, 0.05) is 25.6 Å². The summed E-state index contributed by atoms with van der Waals surface area (Å²) in [6.07, 6.45) is 2.79. The number of hydrogen-bond donors (Lipinski definition) is 2. The molecule has 2 rings (SSSR count). The Labute approximate surface area is 108 Å². The molecule has 0 saturated heterocycles. The van der Waals surface area contributed by atoms with Crippen LogP contribution in [0.25, 0.3) is 0 Å². The summed E-state index contributed by atoms with van der Waals surface area (Å²) in [7, 11) is 0. The molecule has 98 valence electrons. The van der Waals surface area contributed by atoms with Crippen molar-refractivity contribution in [1.82, 2.24) is 5.32 Å². The number of nitrogens with two attached hydrogens (primary N) is 1. The molecule has 1 aliphatic carbocycles. The first-order valence-corrected chi connectivity index (χ1v) is 6.59. The molecule has 4 heteroatoms. The number of carbonyl (C=O) groups is 1. The second-order valence-electron chi connectivity index (χ2n) is 4.73. The second-order valence-corrected chi connectivity index (χ2v) is 4.73. The van der Waals surface area contributed by atoms with Crippen molar-refractivity contribution in [2.45, 2.75) is 32.2 Å². The number of benzene rings is 1. The van der Waals surface area contributed by atoms with E-state index in [4.69, 9.17) is 5.73 Å². The zero-order valence-corrected chi connectivity index (χ0v) is 10.9. The standard InChI is InChI=1S/C14H21N3O/c1-2-17(13-6-4-3-5-12(13)15)10-9-14(18)16-11-7-8-11/h3-6,11H,2,7-10,15H2,1H3,(H,16,18). The molecular weight excluding hydrogens is 226 g/mol. The van der Waals surface area contributed by atoms with Gasteiger partial charge < -0.3 is 16.0 Å². The van der Waals surface area contributed by atoms with Crippen molar-refractivity contribution in [1.29, 1.82) is 0 Å². The van der Waals surface area contributed by atoms with Crippen LogP contribution >= 0.6 is 0 Å². The molecule has 18 heavy (non-hydrogen) atoms. The van der Waals surface area contributed by atoms with Crippen LogP contribution in [0.3, 0.4) is 0 Å². The van der Waals surface area contributed by atoms with Gasteiger partial charge in [0.2, 0.25) is 5.91 Å². The Kier molecular flexibility index (Phi) is 4.07. The van der Waals surface area contributed by atoms with Crippen molar-refractivity contribution in [2.24, 2.45) is 0 Å². The fourth-order valence-corrected chi connectivity index (χ4v) is 1.99. The molecule has 1 amide bonds. The van der Waals surface area contributed by atoms with Gasteiger partial charge in [0.15, 0.2) is 0 Å². The summed E-state index contributed by atoms with van der Waals surface area (Å²) >= 11 is 0. The lowest BCUT2D eigenvalue weighted by molar-refractivity contribution is -0.121. The van der Waals surface area contributed by atoms with Crippen molar-refractivity contribution in [2.75, 3.05) is 23.7 Å². The second kappa shape index (κ2) is 5.76. The number of hydrogen-bond acceptors (Lipinski definition) is 3. The summed E-state index contributed by atoms with van der Waals surface area (Å²) in [6, 6.07) is 8.22. The lowest BCUT2D eigenvalue weighted by Crippen LogP contribution is -2.32. The third-order valence-corrected chi connectivity index (χ3v) is 3.21. The third kappa shape index (κ3) is 3.39.